The summed E-state index contributed by atoms with van der Waals surface area (Å²) in [7, 11) is 1.88. The summed E-state index contributed by atoms with van der Waals surface area (Å²) in [5.74, 6) is 0.240. The molecular weight excluding hydrogens is 240 g/mol. The molecule has 0 aliphatic carbocycles. The van der Waals surface area contributed by atoms with E-state index < -0.39 is 0 Å². The zero-order valence-electron chi connectivity index (χ0n) is 12.3. The third kappa shape index (κ3) is 3.91. The normalized spacial score (nSPS) is 26.8. The Balaban J connectivity index is 1.75. The number of amides is 1. The summed E-state index contributed by atoms with van der Waals surface area (Å²) < 4.78 is 0. The fraction of sp³-hybridized carbons (Fsp3) is 0.929. The van der Waals surface area contributed by atoms with E-state index in [0.717, 1.165) is 45.6 Å². The van der Waals surface area contributed by atoms with Crippen molar-refractivity contribution in [2.45, 2.75) is 38.3 Å². The molecule has 1 unspecified atom stereocenters. The lowest BCUT2D eigenvalue weighted by Gasteiger charge is -2.34. The molecule has 1 atom stereocenters. The number of likely N-dealkylation sites (N-methyl/N-ethyl adjacent to an activating group) is 1. The van der Waals surface area contributed by atoms with E-state index in [1.807, 2.05) is 14.0 Å². The first kappa shape index (κ1) is 14.8. The van der Waals surface area contributed by atoms with Crippen LogP contribution < -0.4 is 5.73 Å². The summed E-state index contributed by atoms with van der Waals surface area (Å²) in [4.78, 5) is 18.6. The molecule has 0 aromatic rings. The molecule has 5 nitrogen and oxygen atoms in total. The number of carbonyl (C=O) groups is 1. The van der Waals surface area contributed by atoms with E-state index in [0.29, 0.717) is 18.6 Å². The Labute approximate surface area is 116 Å². The molecular formula is C14H28N4O. The molecule has 2 aliphatic rings. The Bertz CT molecular complexity index is 302. The van der Waals surface area contributed by atoms with Gasteiger partial charge >= 0.3 is 0 Å². The molecule has 2 heterocycles. The summed E-state index contributed by atoms with van der Waals surface area (Å²) in [5.41, 5.74) is 5.95. The largest absolute Gasteiger partial charge is 0.345 e. The molecule has 0 bridgehead atoms. The lowest BCUT2D eigenvalue weighted by atomic mass is 10.0. The number of hydrogen-bond acceptors (Lipinski definition) is 4. The smallest absolute Gasteiger partial charge is 0.236 e. The van der Waals surface area contributed by atoms with E-state index in [1.54, 1.807) is 4.90 Å². The molecule has 5 heteroatoms. The van der Waals surface area contributed by atoms with Gasteiger partial charge in [-0.2, -0.15) is 0 Å². The van der Waals surface area contributed by atoms with Crippen LogP contribution in [0.2, 0.25) is 0 Å². The van der Waals surface area contributed by atoms with E-state index >= 15 is 0 Å². The lowest BCUT2D eigenvalue weighted by Crippen LogP contribution is -2.46. The maximum Gasteiger partial charge on any atom is 0.236 e. The maximum atomic E-state index is 11.9. The predicted molar refractivity (Wildman–Crippen MR) is 76.9 cm³/mol. The van der Waals surface area contributed by atoms with Crippen LogP contribution in [-0.4, -0.2) is 79.0 Å². The van der Waals surface area contributed by atoms with Gasteiger partial charge in [0.05, 0.1) is 6.54 Å². The fourth-order valence-corrected chi connectivity index (χ4v) is 3.03. The summed E-state index contributed by atoms with van der Waals surface area (Å²) in [6.07, 6.45) is 3.43. The van der Waals surface area contributed by atoms with E-state index in [9.17, 15) is 4.79 Å². The first-order valence-electron chi connectivity index (χ1n) is 7.56. The van der Waals surface area contributed by atoms with Crippen LogP contribution in [0.3, 0.4) is 0 Å². The molecule has 0 aromatic heterocycles. The van der Waals surface area contributed by atoms with Gasteiger partial charge in [0, 0.05) is 38.8 Å². The van der Waals surface area contributed by atoms with Gasteiger partial charge in [0.15, 0.2) is 0 Å². The number of hydrogen-bond donors (Lipinski definition) is 1. The number of rotatable bonds is 4. The van der Waals surface area contributed by atoms with Crippen molar-refractivity contribution in [3.8, 4) is 0 Å². The lowest BCUT2D eigenvalue weighted by molar-refractivity contribution is -0.130. The van der Waals surface area contributed by atoms with Crippen molar-refractivity contribution >= 4 is 5.91 Å². The molecule has 2 N–H and O–H groups in total. The molecule has 0 saturated carbocycles. The number of nitrogens with two attached hydrogens (primary N) is 1. The van der Waals surface area contributed by atoms with Crippen molar-refractivity contribution in [1.82, 2.24) is 14.7 Å². The molecule has 110 valence electrons. The van der Waals surface area contributed by atoms with Crippen molar-refractivity contribution < 1.29 is 4.79 Å². The minimum Gasteiger partial charge on any atom is -0.345 e. The van der Waals surface area contributed by atoms with Crippen LogP contribution in [0.15, 0.2) is 0 Å². The highest BCUT2D eigenvalue weighted by Crippen LogP contribution is 2.19. The van der Waals surface area contributed by atoms with Crippen LogP contribution in [0.5, 0.6) is 0 Å². The van der Waals surface area contributed by atoms with Gasteiger partial charge in [-0.25, -0.2) is 0 Å². The molecule has 0 radical (unpaired) electrons. The molecule has 1 amide bonds. The van der Waals surface area contributed by atoms with E-state index in [4.69, 9.17) is 5.73 Å². The molecule has 2 saturated heterocycles. The molecule has 0 aromatic carbocycles. The Kier molecular flexibility index (Phi) is 5.19. The number of carbonyl (C=O) groups excluding carboxylic acids is 1. The summed E-state index contributed by atoms with van der Waals surface area (Å²) in [5, 5.41) is 0. The van der Waals surface area contributed by atoms with E-state index in [2.05, 4.69) is 9.80 Å². The predicted octanol–water partition coefficient (Wildman–Crippen LogP) is -0.0379. The zero-order chi connectivity index (χ0) is 13.8. The summed E-state index contributed by atoms with van der Waals surface area (Å²) in [6, 6.07) is 1.03. The van der Waals surface area contributed by atoms with Crippen LogP contribution in [-0.2, 0) is 4.79 Å². The molecule has 19 heavy (non-hydrogen) atoms. The Morgan fingerprint density at radius 2 is 1.95 bits per heavy atom. The second-order valence-electron chi connectivity index (χ2n) is 5.96. The van der Waals surface area contributed by atoms with Crippen molar-refractivity contribution in [2.75, 3.05) is 46.3 Å². The minimum absolute atomic E-state index is 0.240. The monoisotopic (exact) mass is 268 g/mol. The van der Waals surface area contributed by atoms with Gasteiger partial charge in [-0.15, -0.1) is 0 Å². The third-order valence-corrected chi connectivity index (χ3v) is 4.60. The number of likely N-dealkylation sites (tertiary alicyclic amines) is 2. The Hall–Kier alpha value is -0.650. The highest BCUT2D eigenvalue weighted by Gasteiger charge is 2.30. The number of piperidine rings is 1. The second kappa shape index (κ2) is 6.68. The Morgan fingerprint density at radius 3 is 2.58 bits per heavy atom. The standard InChI is InChI=1S/C14H28N4O/c1-3-16(2)14(19)11-17-7-6-13(10-17)18-8-4-12(15)5-9-18/h12-13H,3-11,15H2,1-2H3. The highest BCUT2D eigenvalue weighted by molar-refractivity contribution is 5.77. The van der Waals surface area contributed by atoms with Gasteiger partial charge in [-0.05, 0) is 39.3 Å². The van der Waals surface area contributed by atoms with Gasteiger partial charge in [-0.1, -0.05) is 0 Å². The maximum absolute atomic E-state index is 11.9. The van der Waals surface area contributed by atoms with E-state index in [1.165, 1.54) is 6.42 Å². The van der Waals surface area contributed by atoms with Crippen LogP contribution in [0.25, 0.3) is 0 Å². The zero-order valence-corrected chi connectivity index (χ0v) is 12.3. The summed E-state index contributed by atoms with van der Waals surface area (Å²) in [6.45, 7) is 7.73. The van der Waals surface area contributed by atoms with Crippen LogP contribution in [0.4, 0.5) is 0 Å². The molecule has 2 fully saturated rings. The van der Waals surface area contributed by atoms with Crippen LogP contribution in [0, 0.1) is 0 Å². The van der Waals surface area contributed by atoms with Gasteiger partial charge in [0.25, 0.3) is 0 Å². The average molecular weight is 268 g/mol. The van der Waals surface area contributed by atoms with Crippen molar-refractivity contribution in [3.05, 3.63) is 0 Å². The van der Waals surface area contributed by atoms with Crippen molar-refractivity contribution in [1.29, 1.82) is 0 Å². The second-order valence-corrected chi connectivity index (χ2v) is 5.96. The van der Waals surface area contributed by atoms with Crippen LogP contribution in [0.1, 0.15) is 26.2 Å². The first-order chi connectivity index (χ1) is 9.10. The SMILES string of the molecule is CCN(C)C(=O)CN1CCC(N2CCC(N)CC2)C1. The number of nitrogens with zero attached hydrogens (tertiary/aromatic N) is 3. The molecule has 2 rings (SSSR count). The molecule has 2 aliphatic heterocycles. The molecule has 0 spiro atoms. The van der Waals surface area contributed by atoms with Gasteiger partial charge in [0.2, 0.25) is 5.91 Å². The van der Waals surface area contributed by atoms with E-state index in [-0.39, 0.29) is 5.91 Å². The van der Waals surface area contributed by atoms with Gasteiger partial charge in [0.1, 0.15) is 0 Å². The quantitative estimate of drug-likeness (QED) is 0.777. The summed E-state index contributed by atoms with van der Waals surface area (Å²) >= 11 is 0. The minimum atomic E-state index is 0.240. The van der Waals surface area contributed by atoms with Gasteiger partial charge < -0.3 is 10.6 Å². The topological polar surface area (TPSA) is 52.8 Å². The third-order valence-electron chi connectivity index (χ3n) is 4.60. The fourth-order valence-electron chi connectivity index (χ4n) is 3.03. The van der Waals surface area contributed by atoms with Crippen molar-refractivity contribution in [2.24, 2.45) is 5.73 Å². The van der Waals surface area contributed by atoms with Gasteiger partial charge in [-0.3, -0.25) is 14.6 Å². The average Bonchev–Trinajstić information content (AvgIpc) is 2.87. The van der Waals surface area contributed by atoms with Crippen LogP contribution >= 0.6 is 0 Å². The van der Waals surface area contributed by atoms with Crippen molar-refractivity contribution in [3.63, 3.8) is 0 Å². The Morgan fingerprint density at radius 1 is 1.26 bits per heavy atom. The first-order valence-corrected chi connectivity index (χ1v) is 7.56. The highest BCUT2D eigenvalue weighted by atomic mass is 16.2.